The highest BCUT2D eigenvalue weighted by atomic mass is 16.5. The number of imidazole rings is 1. The number of fused-ring (bicyclic) bond motifs is 4. The average Bonchev–Trinajstić information content (AvgIpc) is 4.13. The van der Waals surface area contributed by atoms with Gasteiger partial charge in [0.1, 0.15) is 28.7 Å². The minimum atomic E-state index is -0.260. The van der Waals surface area contributed by atoms with Gasteiger partial charge in [-0.15, -0.1) is 0 Å². The van der Waals surface area contributed by atoms with Crippen molar-refractivity contribution >= 4 is 73.0 Å². The maximum Gasteiger partial charge on any atom is 0.270 e. The summed E-state index contributed by atoms with van der Waals surface area (Å²) in [6.07, 6.45) is 3.97. The fraction of sp³-hybridized carbons (Fsp3) is 0.0563. The maximum atomic E-state index is 7.45. The predicted octanol–water partition coefficient (Wildman–Crippen LogP) is 15.7. The van der Waals surface area contributed by atoms with E-state index in [0.717, 1.165) is 112 Å². The minimum Gasteiger partial charge on any atom is -0.462 e. The summed E-state index contributed by atoms with van der Waals surface area (Å²) in [5, 5.41) is 2.31. The molecule has 0 radical (unpaired) electrons. The van der Waals surface area contributed by atoms with Crippen molar-refractivity contribution < 1.29 is 18.8 Å². The van der Waals surface area contributed by atoms with Gasteiger partial charge in [0, 0.05) is 51.1 Å². The molecule has 16 rings (SSSR count). The van der Waals surface area contributed by atoms with Crippen molar-refractivity contribution in [3.05, 3.63) is 255 Å². The summed E-state index contributed by atoms with van der Waals surface area (Å²) >= 11 is 0. The minimum absolute atomic E-state index is 0.0334. The smallest absolute Gasteiger partial charge is 0.270 e. The van der Waals surface area contributed by atoms with E-state index < -0.39 is 0 Å². The van der Waals surface area contributed by atoms with Crippen LogP contribution in [-0.2, 0) is 5.41 Å². The van der Waals surface area contributed by atoms with Gasteiger partial charge in [0.05, 0.1) is 27.8 Å². The first-order valence-corrected chi connectivity index (χ1v) is 27.0. The number of rotatable bonds is 8. The average molecular weight is 1020 g/mol. The van der Waals surface area contributed by atoms with E-state index in [1.54, 1.807) is 0 Å². The Kier molecular flexibility index (Phi) is 9.86. The van der Waals surface area contributed by atoms with Gasteiger partial charge in [-0.1, -0.05) is 185 Å². The highest BCUT2D eigenvalue weighted by Crippen LogP contribution is 2.51. The van der Waals surface area contributed by atoms with Crippen LogP contribution in [0.3, 0.4) is 0 Å². The molecule has 2 aromatic heterocycles. The van der Waals surface area contributed by atoms with E-state index in [4.69, 9.17) is 14.2 Å². The van der Waals surface area contributed by atoms with Crippen LogP contribution >= 0.6 is 0 Å². The van der Waals surface area contributed by atoms with E-state index in [1.165, 1.54) is 10.9 Å². The monoisotopic (exact) mass is 1020 g/mol. The topological polar surface area (TPSA) is 44.7 Å². The standard InChI is InChI=1S/C71H49BN4O3/c1-71(2,3)47-25-17-28-49(41-47)76-55-32-14-13-29-53(55)54-40-39-50(42-60(54)76)77-64-43-61(69-67-70(64)79-63-38-20-36-59-66(63)72(67)65-58(35-19-37-62(65)78-69)75(59)48-26-11-6-12-27-48)73-44-74(57-34-16-15-33-56(57)73)68-51(45-21-7-4-8-22-45)30-18-31-52(68)46-23-9-5-10-24-46/h4-43H,1-3H3. The number of nitrogens with zero attached hydrogens (tertiary/aromatic N) is 4. The Labute approximate surface area is 458 Å². The Morgan fingerprint density at radius 1 is 0.468 bits per heavy atom. The third-order valence-electron chi connectivity index (χ3n) is 16.2. The first-order chi connectivity index (χ1) is 38.8. The second kappa shape index (κ2) is 17.2. The molecule has 374 valence electrons. The number of aromatic nitrogens is 3. The van der Waals surface area contributed by atoms with Crippen LogP contribution < -0.4 is 40.1 Å². The van der Waals surface area contributed by atoms with Gasteiger partial charge in [-0.3, -0.25) is 9.13 Å². The molecule has 5 heterocycles. The van der Waals surface area contributed by atoms with Gasteiger partial charge >= 0.3 is 0 Å². The van der Waals surface area contributed by atoms with Crippen LogP contribution in [0.5, 0.6) is 34.5 Å². The zero-order valence-corrected chi connectivity index (χ0v) is 43.7. The molecule has 0 fully saturated rings. The van der Waals surface area contributed by atoms with Crippen LogP contribution in [0.1, 0.15) is 26.3 Å². The maximum absolute atomic E-state index is 7.45. The van der Waals surface area contributed by atoms with Crippen LogP contribution in [0.25, 0.3) is 72.2 Å². The summed E-state index contributed by atoms with van der Waals surface area (Å²) in [7, 11) is 0. The van der Waals surface area contributed by atoms with Crippen molar-refractivity contribution in [1.29, 1.82) is 0 Å². The molecule has 13 aromatic rings. The van der Waals surface area contributed by atoms with E-state index >= 15 is 0 Å². The highest BCUT2D eigenvalue weighted by molar-refractivity contribution is 7.00. The lowest BCUT2D eigenvalue weighted by Crippen LogP contribution is -2.61. The van der Waals surface area contributed by atoms with Gasteiger partial charge < -0.3 is 23.7 Å². The molecule has 3 aliphatic heterocycles. The zero-order valence-electron chi connectivity index (χ0n) is 43.7. The third kappa shape index (κ3) is 6.90. The SMILES string of the molecule is CC(C)(C)c1cccc(-n2c3ccccc3c3ccc(Oc4cc(-n5[c-][n+](-c6c(-c7ccccc7)cccc6-c6ccccc6)c6ccccc65)c5c6c4Oc4cccc7c4B6c4c(cccc4N7c4ccccc4)O5)cc32)c1. The molecule has 8 heteroatoms. The van der Waals surface area contributed by atoms with Crippen molar-refractivity contribution in [2.24, 2.45) is 0 Å². The Morgan fingerprint density at radius 3 is 1.75 bits per heavy atom. The van der Waals surface area contributed by atoms with Crippen LogP contribution in [-0.4, -0.2) is 15.8 Å². The number of para-hydroxylation sites is 5. The molecule has 7 nitrogen and oxygen atoms in total. The summed E-state index contributed by atoms with van der Waals surface area (Å²) in [6, 6.07) is 85.9. The first kappa shape index (κ1) is 45.2. The van der Waals surface area contributed by atoms with Crippen LogP contribution in [0.15, 0.2) is 243 Å². The van der Waals surface area contributed by atoms with Crippen molar-refractivity contribution in [1.82, 2.24) is 9.13 Å². The summed E-state index contributed by atoms with van der Waals surface area (Å²) in [5.74, 6) is 4.10. The summed E-state index contributed by atoms with van der Waals surface area (Å²) in [5.41, 5.74) is 18.8. The van der Waals surface area contributed by atoms with E-state index in [-0.39, 0.29) is 12.1 Å². The van der Waals surface area contributed by atoms with Crippen LogP contribution in [0.2, 0.25) is 0 Å². The molecular weight excluding hydrogens is 968 g/mol. The quantitative estimate of drug-likeness (QED) is 0.0864. The summed E-state index contributed by atoms with van der Waals surface area (Å²) < 4.78 is 29.0. The number of benzene rings is 11. The van der Waals surface area contributed by atoms with Crippen molar-refractivity contribution in [2.45, 2.75) is 26.2 Å². The van der Waals surface area contributed by atoms with Crippen molar-refractivity contribution in [3.8, 4) is 73.8 Å². The molecule has 0 bridgehead atoms. The fourth-order valence-electron chi connectivity index (χ4n) is 12.6. The number of ether oxygens (including phenoxy) is 3. The second-order valence-electron chi connectivity index (χ2n) is 21.8. The molecular formula is C71H49BN4O3. The van der Waals surface area contributed by atoms with Gasteiger partial charge in [-0.2, -0.15) is 0 Å². The Balaban J connectivity index is 0.959. The van der Waals surface area contributed by atoms with E-state index in [1.807, 2.05) is 0 Å². The Bertz CT molecular complexity index is 4560. The Hall–Kier alpha value is -10.0. The zero-order chi connectivity index (χ0) is 52.5. The van der Waals surface area contributed by atoms with Gasteiger partial charge in [-0.25, -0.2) is 0 Å². The van der Waals surface area contributed by atoms with Crippen LogP contribution in [0.4, 0.5) is 17.1 Å². The number of hydrogen-bond donors (Lipinski definition) is 0. The van der Waals surface area contributed by atoms with Crippen molar-refractivity contribution in [3.63, 3.8) is 0 Å². The molecule has 0 aliphatic carbocycles. The Morgan fingerprint density at radius 2 is 1.05 bits per heavy atom. The van der Waals surface area contributed by atoms with E-state index in [0.29, 0.717) is 23.0 Å². The normalized spacial score (nSPS) is 12.9. The lowest BCUT2D eigenvalue weighted by atomic mass is 9.33. The van der Waals surface area contributed by atoms with Gasteiger partial charge in [0.15, 0.2) is 11.5 Å². The molecule has 0 unspecified atom stereocenters. The summed E-state index contributed by atoms with van der Waals surface area (Å²) in [6.45, 7) is 6.53. The molecule has 11 aromatic carbocycles. The molecule has 0 spiro atoms. The molecule has 0 saturated carbocycles. The highest BCUT2D eigenvalue weighted by Gasteiger charge is 2.49. The molecule has 0 saturated heterocycles. The third-order valence-corrected chi connectivity index (χ3v) is 16.2. The predicted molar refractivity (Wildman–Crippen MR) is 320 cm³/mol. The molecule has 0 N–H and O–H groups in total. The lowest BCUT2D eigenvalue weighted by molar-refractivity contribution is -0.571. The number of anilines is 3. The largest absolute Gasteiger partial charge is 0.462 e. The molecule has 0 atom stereocenters. The molecule has 3 aliphatic rings. The first-order valence-electron chi connectivity index (χ1n) is 27.0. The van der Waals surface area contributed by atoms with Gasteiger partial charge in [0.25, 0.3) is 13.0 Å². The summed E-state index contributed by atoms with van der Waals surface area (Å²) in [4.78, 5) is 2.34. The van der Waals surface area contributed by atoms with Crippen LogP contribution in [0, 0.1) is 6.33 Å². The van der Waals surface area contributed by atoms with Gasteiger partial charge in [0.2, 0.25) is 0 Å². The lowest BCUT2D eigenvalue weighted by Gasteiger charge is -2.43. The van der Waals surface area contributed by atoms with Gasteiger partial charge in [-0.05, 0) is 111 Å². The fourth-order valence-corrected chi connectivity index (χ4v) is 12.6. The second-order valence-corrected chi connectivity index (χ2v) is 21.8. The van der Waals surface area contributed by atoms with E-state index in [9.17, 15) is 0 Å². The molecule has 0 amide bonds. The molecule has 79 heavy (non-hydrogen) atoms. The number of hydrogen-bond acceptors (Lipinski definition) is 4. The van der Waals surface area contributed by atoms with Crippen molar-refractivity contribution in [2.75, 3.05) is 4.90 Å². The van der Waals surface area contributed by atoms with E-state index in [2.05, 4.69) is 288 Å².